The highest BCUT2D eigenvalue weighted by Crippen LogP contribution is 2.31. The lowest BCUT2D eigenvalue weighted by atomic mass is 9.82. The summed E-state index contributed by atoms with van der Waals surface area (Å²) in [6.45, 7) is 12.0. The molecule has 2 heterocycles. The molecule has 2 saturated heterocycles. The van der Waals surface area contributed by atoms with Crippen LogP contribution in [0.3, 0.4) is 0 Å². The molecule has 0 saturated carbocycles. The molecule has 0 aromatic heterocycles. The van der Waals surface area contributed by atoms with Gasteiger partial charge in [-0.15, -0.1) is 0 Å². The zero-order chi connectivity index (χ0) is 14.0. The highest BCUT2D eigenvalue weighted by atomic mass is 16.6. The molecule has 4 nitrogen and oxygen atoms in total. The van der Waals surface area contributed by atoms with E-state index >= 15 is 0 Å². The molecular formula is C15H28N2O2. The molecule has 19 heavy (non-hydrogen) atoms. The molecule has 2 aliphatic rings. The molecule has 0 aromatic carbocycles. The van der Waals surface area contributed by atoms with Crippen molar-refractivity contribution in [2.45, 2.75) is 46.1 Å². The molecule has 0 radical (unpaired) electrons. The van der Waals surface area contributed by atoms with Crippen LogP contribution in [0.25, 0.3) is 0 Å². The third-order valence-corrected chi connectivity index (χ3v) is 4.15. The Morgan fingerprint density at radius 3 is 2.63 bits per heavy atom. The van der Waals surface area contributed by atoms with E-state index < -0.39 is 5.60 Å². The first-order chi connectivity index (χ1) is 8.85. The zero-order valence-electron chi connectivity index (χ0n) is 12.7. The highest BCUT2D eigenvalue weighted by Gasteiger charge is 2.35. The largest absolute Gasteiger partial charge is 0.444 e. The minimum Gasteiger partial charge on any atom is -0.444 e. The van der Waals surface area contributed by atoms with Crippen LogP contribution in [0.1, 0.15) is 40.5 Å². The fourth-order valence-corrected chi connectivity index (χ4v) is 3.22. The molecule has 110 valence electrons. The van der Waals surface area contributed by atoms with Gasteiger partial charge in [0.1, 0.15) is 5.60 Å². The van der Waals surface area contributed by atoms with Gasteiger partial charge in [0.15, 0.2) is 0 Å². The fraction of sp³-hybridized carbons (Fsp3) is 0.933. The number of hydrogen-bond donors (Lipinski definition) is 1. The number of carbonyl (C=O) groups is 1. The minimum absolute atomic E-state index is 0.146. The summed E-state index contributed by atoms with van der Waals surface area (Å²) >= 11 is 0. The fourth-order valence-electron chi connectivity index (χ4n) is 3.22. The van der Waals surface area contributed by atoms with E-state index in [2.05, 4.69) is 12.2 Å². The van der Waals surface area contributed by atoms with Crippen molar-refractivity contribution in [1.82, 2.24) is 10.2 Å². The van der Waals surface area contributed by atoms with Crippen LogP contribution in [0.5, 0.6) is 0 Å². The molecule has 2 aliphatic heterocycles. The lowest BCUT2D eigenvalue weighted by molar-refractivity contribution is 0.0281. The van der Waals surface area contributed by atoms with Crippen molar-refractivity contribution in [3.05, 3.63) is 0 Å². The van der Waals surface area contributed by atoms with Gasteiger partial charge in [-0.25, -0.2) is 4.79 Å². The first-order valence-electron chi connectivity index (χ1n) is 7.54. The van der Waals surface area contributed by atoms with Gasteiger partial charge in [-0.1, -0.05) is 6.92 Å². The Morgan fingerprint density at radius 1 is 1.26 bits per heavy atom. The summed E-state index contributed by atoms with van der Waals surface area (Å²) in [5, 5.41) is 3.51. The van der Waals surface area contributed by atoms with Crippen LogP contribution in [0, 0.1) is 17.8 Å². The van der Waals surface area contributed by atoms with Crippen molar-refractivity contribution in [3.63, 3.8) is 0 Å². The molecule has 4 heteroatoms. The minimum atomic E-state index is -0.393. The summed E-state index contributed by atoms with van der Waals surface area (Å²) in [6.07, 6.45) is 2.27. The Labute approximate surface area is 116 Å². The van der Waals surface area contributed by atoms with Crippen LogP contribution in [0.15, 0.2) is 0 Å². The number of nitrogens with zero attached hydrogens (tertiary/aromatic N) is 1. The van der Waals surface area contributed by atoms with Crippen molar-refractivity contribution in [3.8, 4) is 0 Å². The van der Waals surface area contributed by atoms with E-state index in [4.69, 9.17) is 4.74 Å². The van der Waals surface area contributed by atoms with Crippen LogP contribution in [0.2, 0.25) is 0 Å². The number of rotatable bonds is 1. The molecule has 2 fully saturated rings. The second-order valence-corrected chi connectivity index (χ2v) is 7.23. The molecule has 3 atom stereocenters. The van der Waals surface area contributed by atoms with Gasteiger partial charge >= 0.3 is 6.09 Å². The summed E-state index contributed by atoms with van der Waals surface area (Å²) in [5.74, 6) is 2.12. The molecule has 3 unspecified atom stereocenters. The number of amides is 1. The molecule has 1 amide bonds. The number of piperidine rings is 1. The highest BCUT2D eigenvalue weighted by molar-refractivity contribution is 5.68. The average molecular weight is 268 g/mol. The van der Waals surface area contributed by atoms with Crippen LogP contribution < -0.4 is 5.32 Å². The Balaban J connectivity index is 1.84. The van der Waals surface area contributed by atoms with E-state index in [1.807, 2.05) is 25.7 Å². The van der Waals surface area contributed by atoms with Crippen molar-refractivity contribution in [2.24, 2.45) is 17.8 Å². The lowest BCUT2D eigenvalue weighted by Crippen LogP contribution is -2.40. The average Bonchev–Trinajstić information content (AvgIpc) is 2.75. The molecule has 1 N–H and O–H groups in total. The molecule has 0 spiro atoms. The maximum Gasteiger partial charge on any atom is 0.410 e. The Kier molecular flexibility index (Phi) is 4.39. The van der Waals surface area contributed by atoms with E-state index in [-0.39, 0.29) is 6.09 Å². The van der Waals surface area contributed by atoms with Gasteiger partial charge < -0.3 is 15.0 Å². The van der Waals surface area contributed by atoms with E-state index in [9.17, 15) is 4.79 Å². The maximum absolute atomic E-state index is 12.0. The van der Waals surface area contributed by atoms with Crippen molar-refractivity contribution in [2.75, 3.05) is 26.2 Å². The Hall–Kier alpha value is -0.770. The third kappa shape index (κ3) is 4.10. The van der Waals surface area contributed by atoms with Gasteiger partial charge in [0, 0.05) is 13.1 Å². The van der Waals surface area contributed by atoms with Gasteiger partial charge in [-0.3, -0.25) is 0 Å². The number of likely N-dealkylation sites (tertiary alicyclic amines) is 1. The summed E-state index contributed by atoms with van der Waals surface area (Å²) in [6, 6.07) is 0. The molecule has 0 aromatic rings. The van der Waals surface area contributed by atoms with Crippen LogP contribution in [-0.4, -0.2) is 42.8 Å². The first-order valence-corrected chi connectivity index (χ1v) is 7.54. The quantitative estimate of drug-likeness (QED) is 0.794. The van der Waals surface area contributed by atoms with Crippen LogP contribution in [0.4, 0.5) is 4.79 Å². The van der Waals surface area contributed by atoms with E-state index in [1.165, 1.54) is 6.42 Å². The van der Waals surface area contributed by atoms with Gasteiger partial charge in [0.05, 0.1) is 0 Å². The summed E-state index contributed by atoms with van der Waals surface area (Å²) in [7, 11) is 0. The van der Waals surface area contributed by atoms with Gasteiger partial charge in [-0.05, 0) is 64.5 Å². The zero-order valence-corrected chi connectivity index (χ0v) is 12.7. The number of ether oxygens (including phenoxy) is 1. The molecule has 0 aliphatic carbocycles. The Bertz CT molecular complexity index is 325. The van der Waals surface area contributed by atoms with E-state index in [1.54, 1.807) is 0 Å². The molecular weight excluding hydrogens is 240 g/mol. The smallest absolute Gasteiger partial charge is 0.410 e. The molecule has 2 rings (SSSR count). The van der Waals surface area contributed by atoms with E-state index in [0.29, 0.717) is 5.92 Å². The topological polar surface area (TPSA) is 41.6 Å². The standard InChI is InChI=1S/C15H28N2O2/c1-11-7-13(9-16-8-11)12-5-6-17(10-12)14(18)19-15(2,3)4/h11-13,16H,5-10H2,1-4H3. The normalized spacial score (nSPS) is 32.4. The van der Waals surface area contributed by atoms with Gasteiger partial charge in [0.2, 0.25) is 0 Å². The van der Waals surface area contributed by atoms with Crippen molar-refractivity contribution in [1.29, 1.82) is 0 Å². The number of hydrogen-bond acceptors (Lipinski definition) is 3. The first kappa shape index (κ1) is 14.6. The van der Waals surface area contributed by atoms with Crippen LogP contribution >= 0.6 is 0 Å². The maximum atomic E-state index is 12.0. The summed E-state index contributed by atoms with van der Waals surface area (Å²) in [5.41, 5.74) is -0.393. The Morgan fingerprint density at radius 2 is 2.00 bits per heavy atom. The summed E-state index contributed by atoms with van der Waals surface area (Å²) < 4.78 is 5.45. The van der Waals surface area contributed by atoms with Crippen molar-refractivity contribution < 1.29 is 9.53 Å². The van der Waals surface area contributed by atoms with Gasteiger partial charge in [0.25, 0.3) is 0 Å². The lowest BCUT2D eigenvalue weighted by Gasteiger charge is -2.32. The number of carbonyl (C=O) groups excluding carboxylic acids is 1. The second kappa shape index (κ2) is 5.70. The van der Waals surface area contributed by atoms with Gasteiger partial charge in [-0.2, -0.15) is 0 Å². The molecule has 0 bridgehead atoms. The number of nitrogens with one attached hydrogen (secondary N) is 1. The second-order valence-electron chi connectivity index (χ2n) is 7.23. The van der Waals surface area contributed by atoms with Crippen LogP contribution in [-0.2, 0) is 4.74 Å². The summed E-state index contributed by atoms with van der Waals surface area (Å²) in [4.78, 5) is 13.9. The van der Waals surface area contributed by atoms with E-state index in [0.717, 1.165) is 44.4 Å². The SMILES string of the molecule is CC1CNCC(C2CCN(C(=O)OC(C)(C)C)C2)C1. The predicted molar refractivity (Wildman–Crippen MR) is 76.1 cm³/mol. The van der Waals surface area contributed by atoms with Crippen molar-refractivity contribution >= 4 is 6.09 Å². The predicted octanol–water partition coefficient (Wildman–Crippen LogP) is 2.49. The third-order valence-electron chi connectivity index (χ3n) is 4.15. The monoisotopic (exact) mass is 268 g/mol.